The first-order valence-corrected chi connectivity index (χ1v) is 7.53. The molecule has 0 unspecified atom stereocenters. The molecule has 0 fully saturated rings. The lowest BCUT2D eigenvalue weighted by Gasteiger charge is -2.01. The number of halogens is 1. The molecule has 0 bridgehead atoms. The van der Waals surface area contributed by atoms with Crippen LogP contribution in [0.25, 0.3) is 0 Å². The first kappa shape index (κ1) is 13.5. The molecule has 19 heavy (non-hydrogen) atoms. The van der Waals surface area contributed by atoms with Crippen molar-refractivity contribution in [2.75, 3.05) is 0 Å². The van der Waals surface area contributed by atoms with Gasteiger partial charge in [0.15, 0.2) is 0 Å². The highest BCUT2D eigenvalue weighted by atomic mass is 127. The molecule has 0 aromatic heterocycles. The summed E-state index contributed by atoms with van der Waals surface area (Å²) in [5, 5.41) is 20.1. The first-order chi connectivity index (χ1) is 9.09. The Morgan fingerprint density at radius 3 is 1.89 bits per heavy atom. The van der Waals surface area contributed by atoms with Crippen LogP contribution in [-0.4, -0.2) is 17.0 Å². The van der Waals surface area contributed by atoms with E-state index in [1.165, 1.54) is 12.1 Å². The van der Waals surface area contributed by atoms with Crippen LogP contribution >= 0.6 is 0 Å². The number of carboxylic acid groups (broad SMARTS) is 2. The minimum Gasteiger partial charge on any atom is -0.545 e. The highest BCUT2D eigenvalue weighted by molar-refractivity contribution is 5.87. The van der Waals surface area contributed by atoms with Crippen molar-refractivity contribution in [1.82, 2.24) is 0 Å². The summed E-state index contributed by atoms with van der Waals surface area (Å²) in [5.41, 5.74) is 0.360. The lowest BCUT2D eigenvalue weighted by Crippen LogP contribution is -3.62. The molecule has 2 aromatic carbocycles. The van der Waals surface area contributed by atoms with Gasteiger partial charge in [0.1, 0.15) is 5.56 Å². The first-order valence-electron chi connectivity index (χ1n) is 5.37. The van der Waals surface area contributed by atoms with Crippen LogP contribution in [0.4, 0.5) is 0 Å². The number of carbonyl (C=O) groups excluding carboxylic acids is 1. The average Bonchev–Trinajstić information content (AvgIpc) is 2.39. The lowest BCUT2D eigenvalue weighted by molar-refractivity contribution is -0.598. The number of benzene rings is 2. The van der Waals surface area contributed by atoms with Gasteiger partial charge in [-0.1, -0.05) is 24.3 Å². The summed E-state index contributed by atoms with van der Waals surface area (Å²) in [6.45, 7) is 0. The summed E-state index contributed by atoms with van der Waals surface area (Å²) in [6.07, 6.45) is 0. The molecule has 4 nitrogen and oxygen atoms in total. The van der Waals surface area contributed by atoms with E-state index < -0.39 is 33.1 Å². The Morgan fingerprint density at radius 2 is 1.37 bits per heavy atom. The number of hydrogen-bond donors (Lipinski definition) is 1. The summed E-state index contributed by atoms with van der Waals surface area (Å²) in [5.74, 6) is -2.23. The monoisotopic (exact) mass is 368 g/mol. The summed E-state index contributed by atoms with van der Waals surface area (Å²) in [7, 11) is 0. The van der Waals surface area contributed by atoms with E-state index in [1.54, 1.807) is 36.4 Å². The van der Waals surface area contributed by atoms with Crippen molar-refractivity contribution in [3.8, 4) is 0 Å². The molecular weight excluding hydrogens is 359 g/mol. The van der Waals surface area contributed by atoms with Crippen LogP contribution in [0, 0.1) is 7.14 Å². The van der Waals surface area contributed by atoms with Crippen molar-refractivity contribution in [2.24, 2.45) is 0 Å². The Labute approximate surface area is 120 Å². The summed E-state index contributed by atoms with van der Waals surface area (Å²) in [4.78, 5) is 22.1. The Balaban J connectivity index is 2.42. The van der Waals surface area contributed by atoms with E-state index in [2.05, 4.69) is 0 Å². The molecule has 0 aliphatic rings. The third-order valence-corrected chi connectivity index (χ3v) is 5.45. The maximum Gasteiger partial charge on any atom is 0.359 e. The highest BCUT2D eigenvalue weighted by Crippen LogP contribution is 2.00. The molecule has 0 saturated heterocycles. The van der Waals surface area contributed by atoms with Crippen LogP contribution < -0.4 is 26.3 Å². The average molecular weight is 368 g/mol. The molecule has 5 heteroatoms. The van der Waals surface area contributed by atoms with Crippen molar-refractivity contribution >= 4 is 11.9 Å². The molecule has 0 aliphatic carbocycles. The summed E-state index contributed by atoms with van der Waals surface area (Å²) >= 11 is -0.883. The van der Waals surface area contributed by atoms with Gasteiger partial charge in [-0.3, -0.25) is 0 Å². The number of carbonyl (C=O) groups is 2. The molecule has 0 saturated carbocycles. The quantitative estimate of drug-likeness (QED) is 0.626. The van der Waals surface area contributed by atoms with Gasteiger partial charge in [-0.25, -0.2) is 4.79 Å². The topological polar surface area (TPSA) is 77.4 Å². The van der Waals surface area contributed by atoms with Crippen molar-refractivity contribution in [3.05, 3.63) is 66.8 Å². The van der Waals surface area contributed by atoms with E-state index in [9.17, 15) is 14.7 Å². The SMILES string of the molecule is O=C([O-])c1ccccc1[I+]c1ccccc1C(=O)O. The zero-order valence-corrected chi connectivity index (χ0v) is 11.8. The Bertz CT molecular complexity index is 581. The van der Waals surface area contributed by atoms with E-state index in [1.807, 2.05) is 0 Å². The molecule has 0 heterocycles. The van der Waals surface area contributed by atoms with E-state index in [4.69, 9.17) is 5.11 Å². The van der Waals surface area contributed by atoms with Crippen LogP contribution in [-0.2, 0) is 0 Å². The van der Waals surface area contributed by atoms with E-state index in [0.717, 1.165) is 0 Å². The van der Waals surface area contributed by atoms with Crippen LogP contribution in [0.15, 0.2) is 48.5 Å². The second-order valence-corrected chi connectivity index (χ2v) is 6.51. The summed E-state index contributed by atoms with van der Waals surface area (Å²) in [6, 6.07) is 13.2. The highest BCUT2D eigenvalue weighted by Gasteiger charge is 2.25. The fraction of sp³-hybridized carbons (Fsp3) is 0. The zero-order valence-electron chi connectivity index (χ0n) is 9.67. The fourth-order valence-corrected chi connectivity index (χ4v) is 4.33. The van der Waals surface area contributed by atoms with Crippen molar-refractivity contribution in [3.63, 3.8) is 0 Å². The molecular formula is C14H9IO4. The molecule has 96 valence electrons. The van der Waals surface area contributed by atoms with Crippen LogP contribution in [0.5, 0.6) is 0 Å². The van der Waals surface area contributed by atoms with Gasteiger partial charge in [0.25, 0.3) is 0 Å². The predicted octanol–water partition coefficient (Wildman–Crippen LogP) is -2.12. The smallest absolute Gasteiger partial charge is 0.359 e. The molecule has 0 aliphatic heterocycles. The van der Waals surface area contributed by atoms with Gasteiger partial charge in [0, 0.05) is 0 Å². The van der Waals surface area contributed by atoms with E-state index >= 15 is 0 Å². The van der Waals surface area contributed by atoms with Crippen molar-refractivity contribution in [2.45, 2.75) is 0 Å². The molecule has 1 N–H and O–H groups in total. The second-order valence-electron chi connectivity index (χ2n) is 3.65. The standard InChI is InChI=1S/C14H9IO4/c16-13(17)9-5-1-3-7-11(9)15-12-8-4-2-6-10(12)14(18)19/h1-8H,(H-,16,17,18,19). The van der Waals surface area contributed by atoms with Crippen molar-refractivity contribution in [1.29, 1.82) is 0 Å². The minimum atomic E-state index is -1.23. The second kappa shape index (κ2) is 5.83. The van der Waals surface area contributed by atoms with Crippen LogP contribution in [0.3, 0.4) is 0 Å². The Kier molecular flexibility index (Phi) is 4.16. The van der Waals surface area contributed by atoms with E-state index in [0.29, 0.717) is 7.14 Å². The van der Waals surface area contributed by atoms with Gasteiger partial charge in [-0.05, 0) is 24.3 Å². The molecule has 0 radical (unpaired) electrons. The predicted molar refractivity (Wildman–Crippen MR) is 61.6 cm³/mol. The Morgan fingerprint density at radius 1 is 0.895 bits per heavy atom. The normalized spacial score (nSPS) is 10.1. The fourth-order valence-electron chi connectivity index (χ4n) is 1.54. The van der Waals surface area contributed by atoms with Gasteiger partial charge in [-0.2, -0.15) is 0 Å². The van der Waals surface area contributed by atoms with Gasteiger partial charge in [0.05, 0.1) is 11.5 Å². The van der Waals surface area contributed by atoms with Gasteiger partial charge in [0.2, 0.25) is 7.14 Å². The largest absolute Gasteiger partial charge is 0.545 e. The molecule has 2 rings (SSSR count). The maximum atomic E-state index is 11.1. The summed E-state index contributed by atoms with van der Waals surface area (Å²) < 4.78 is 1.33. The number of rotatable bonds is 4. The van der Waals surface area contributed by atoms with Gasteiger partial charge in [-0.15, -0.1) is 0 Å². The number of hydrogen-bond acceptors (Lipinski definition) is 3. The van der Waals surface area contributed by atoms with Crippen LogP contribution in [0.2, 0.25) is 0 Å². The van der Waals surface area contributed by atoms with Crippen LogP contribution in [0.1, 0.15) is 20.7 Å². The van der Waals surface area contributed by atoms with E-state index in [-0.39, 0.29) is 11.1 Å². The Hall–Kier alpha value is -1.89. The lowest BCUT2D eigenvalue weighted by atomic mass is 10.2. The van der Waals surface area contributed by atoms with Gasteiger partial charge < -0.3 is 15.0 Å². The van der Waals surface area contributed by atoms with Gasteiger partial charge >= 0.3 is 27.2 Å². The number of carboxylic acids is 2. The zero-order chi connectivity index (χ0) is 13.8. The minimum absolute atomic E-state index is 0.135. The number of aromatic carboxylic acids is 2. The molecule has 0 spiro atoms. The third kappa shape index (κ3) is 3.11. The maximum absolute atomic E-state index is 11.1. The molecule has 0 atom stereocenters. The molecule has 2 aromatic rings. The molecule has 0 amide bonds. The third-order valence-electron chi connectivity index (χ3n) is 2.40. The van der Waals surface area contributed by atoms with Crippen molar-refractivity contribution < 1.29 is 41.0 Å².